The van der Waals surface area contributed by atoms with Gasteiger partial charge in [-0.2, -0.15) is 0 Å². The molecule has 3 aromatic rings. The van der Waals surface area contributed by atoms with Gasteiger partial charge in [0, 0.05) is 28.8 Å². The van der Waals surface area contributed by atoms with E-state index in [1.54, 1.807) is 30.3 Å². The molecule has 0 fully saturated rings. The predicted octanol–water partition coefficient (Wildman–Crippen LogP) is 4.83. The van der Waals surface area contributed by atoms with E-state index < -0.39 is 11.9 Å². The normalized spacial score (nSPS) is 11.9. The number of hydrogen-bond donors (Lipinski definition) is 1. The molecule has 0 saturated heterocycles. The number of ketones is 1. The van der Waals surface area contributed by atoms with Crippen LogP contribution in [0.1, 0.15) is 23.6 Å². The Kier molecular flexibility index (Phi) is 5.81. The van der Waals surface area contributed by atoms with Gasteiger partial charge in [-0.05, 0) is 17.7 Å². The minimum Gasteiger partial charge on any atom is -0.481 e. The zero-order chi connectivity index (χ0) is 18.5. The highest BCUT2D eigenvalue weighted by molar-refractivity contribution is 7.13. The van der Waals surface area contributed by atoms with Crippen LogP contribution in [0.5, 0.6) is 0 Å². The summed E-state index contributed by atoms with van der Waals surface area (Å²) in [5, 5.41) is 12.7. The van der Waals surface area contributed by atoms with Crippen LogP contribution < -0.4 is 0 Å². The Labute approximate surface area is 160 Å². The maximum absolute atomic E-state index is 12.4. The molecule has 4 nitrogen and oxygen atoms in total. The second kappa shape index (κ2) is 8.25. The number of benzene rings is 2. The van der Waals surface area contributed by atoms with Gasteiger partial charge < -0.3 is 5.11 Å². The first kappa shape index (κ1) is 18.3. The van der Waals surface area contributed by atoms with Gasteiger partial charge in [0.25, 0.3) is 0 Å². The first-order chi connectivity index (χ1) is 12.5. The summed E-state index contributed by atoms with van der Waals surface area (Å²) >= 11 is 7.43. The van der Waals surface area contributed by atoms with Crippen molar-refractivity contribution in [1.82, 2.24) is 4.98 Å². The molecule has 0 aliphatic carbocycles. The van der Waals surface area contributed by atoms with E-state index in [2.05, 4.69) is 4.98 Å². The summed E-state index contributed by atoms with van der Waals surface area (Å²) in [6.07, 6.45) is 0.0665. The third kappa shape index (κ3) is 4.56. The zero-order valence-corrected chi connectivity index (χ0v) is 15.3. The Hall–Kier alpha value is -2.50. The number of hydrogen-bond acceptors (Lipinski definition) is 4. The molecule has 1 unspecified atom stereocenters. The molecule has 0 spiro atoms. The van der Waals surface area contributed by atoms with Crippen LogP contribution in [0.4, 0.5) is 0 Å². The lowest BCUT2D eigenvalue weighted by Crippen LogP contribution is -2.17. The molecule has 3 rings (SSSR count). The van der Waals surface area contributed by atoms with Gasteiger partial charge >= 0.3 is 5.97 Å². The quantitative estimate of drug-likeness (QED) is 0.632. The van der Waals surface area contributed by atoms with E-state index in [-0.39, 0.29) is 18.6 Å². The Bertz CT molecular complexity index is 924. The lowest BCUT2D eigenvalue weighted by molar-refractivity contribution is -0.140. The van der Waals surface area contributed by atoms with Crippen molar-refractivity contribution in [3.63, 3.8) is 0 Å². The van der Waals surface area contributed by atoms with E-state index in [0.29, 0.717) is 16.3 Å². The summed E-state index contributed by atoms with van der Waals surface area (Å²) < 4.78 is 0. The lowest BCUT2D eigenvalue weighted by atomic mass is 9.93. The number of nitrogens with zero attached hydrogens (tertiary/aromatic N) is 1. The fraction of sp³-hybridized carbons (Fsp3) is 0.150. The van der Waals surface area contributed by atoms with Crippen LogP contribution in [-0.2, 0) is 16.0 Å². The number of Topliss-reactive ketones (excluding diaryl/α,β-unsaturated/α-hetero) is 1. The second-order valence-corrected chi connectivity index (χ2v) is 7.17. The highest BCUT2D eigenvalue weighted by Crippen LogP contribution is 2.27. The molecule has 0 aliphatic heterocycles. The molecular formula is C20H16ClNO3S. The number of thiazole rings is 1. The van der Waals surface area contributed by atoms with Crippen LogP contribution >= 0.6 is 22.9 Å². The molecule has 6 heteroatoms. The summed E-state index contributed by atoms with van der Waals surface area (Å²) in [6.45, 7) is 0. The van der Waals surface area contributed by atoms with Crippen LogP contribution in [0.3, 0.4) is 0 Å². The molecule has 1 atom stereocenters. The van der Waals surface area contributed by atoms with Crippen LogP contribution in [0.2, 0.25) is 5.02 Å². The number of carboxylic acid groups (broad SMARTS) is 1. The van der Waals surface area contributed by atoms with Crippen molar-refractivity contribution in [2.75, 3.05) is 0 Å². The Morgan fingerprint density at radius 1 is 1.12 bits per heavy atom. The zero-order valence-electron chi connectivity index (χ0n) is 13.8. The molecule has 0 saturated carbocycles. The van der Waals surface area contributed by atoms with Gasteiger partial charge in [-0.1, -0.05) is 54.1 Å². The maximum Gasteiger partial charge on any atom is 0.311 e. The number of rotatable bonds is 7. The third-order valence-electron chi connectivity index (χ3n) is 3.93. The molecule has 26 heavy (non-hydrogen) atoms. The summed E-state index contributed by atoms with van der Waals surface area (Å²) in [7, 11) is 0. The van der Waals surface area contributed by atoms with Crippen molar-refractivity contribution >= 4 is 34.7 Å². The van der Waals surface area contributed by atoms with Crippen LogP contribution in [0.25, 0.3) is 10.6 Å². The highest BCUT2D eigenvalue weighted by atomic mass is 35.5. The smallest absolute Gasteiger partial charge is 0.311 e. The van der Waals surface area contributed by atoms with Gasteiger partial charge in [-0.15, -0.1) is 11.3 Å². The topological polar surface area (TPSA) is 67.3 Å². The number of aliphatic carboxylic acids is 1. The standard InChI is InChI=1S/C20H16ClNO3S/c21-15-8-4-7-14(9-15)19-22-16(12-26-19)10-17(23)11-18(20(24)25)13-5-2-1-3-6-13/h1-9,12,18H,10-11H2,(H,24,25). The van der Waals surface area contributed by atoms with Crippen LogP contribution in [0, 0.1) is 0 Å². The Morgan fingerprint density at radius 3 is 2.58 bits per heavy atom. The van der Waals surface area contributed by atoms with Crippen molar-refractivity contribution < 1.29 is 14.7 Å². The first-order valence-electron chi connectivity index (χ1n) is 8.02. The first-order valence-corrected chi connectivity index (χ1v) is 9.28. The van der Waals surface area contributed by atoms with Gasteiger partial charge in [-0.25, -0.2) is 4.98 Å². The fourth-order valence-corrected chi connectivity index (χ4v) is 3.68. The lowest BCUT2D eigenvalue weighted by Gasteiger charge is -2.11. The van der Waals surface area contributed by atoms with Crippen molar-refractivity contribution in [1.29, 1.82) is 0 Å². The molecule has 1 aromatic heterocycles. The van der Waals surface area contributed by atoms with Gasteiger partial charge in [0.15, 0.2) is 0 Å². The molecule has 0 amide bonds. The summed E-state index contributed by atoms with van der Waals surface area (Å²) in [4.78, 5) is 28.4. The molecule has 1 heterocycles. The van der Waals surface area contributed by atoms with Crippen molar-refractivity contribution in [2.45, 2.75) is 18.8 Å². The maximum atomic E-state index is 12.4. The minimum absolute atomic E-state index is 0.0522. The predicted molar refractivity (Wildman–Crippen MR) is 103 cm³/mol. The summed E-state index contributed by atoms with van der Waals surface area (Å²) in [6, 6.07) is 16.2. The SMILES string of the molecule is O=C(Cc1csc(-c2cccc(Cl)c2)n1)CC(C(=O)O)c1ccccc1. The van der Waals surface area contributed by atoms with Gasteiger partial charge in [-0.3, -0.25) is 9.59 Å². The van der Waals surface area contributed by atoms with E-state index in [0.717, 1.165) is 10.6 Å². The average molecular weight is 386 g/mol. The van der Waals surface area contributed by atoms with Gasteiger partial charge in [0.1, 0.15) is 10.8 Å². The van der Waals surface area contributed by atoms with Gasteiger partial charge in [0.05, 0.1) is 11.6 Å². The van der Waals surface area contributed by atoms with Crippen molar-refractivity contribution in [3.05, 3.63) is 76.3 Å². The fourth-order valence-electron chi connectivity index (χ4n) is 2.68. The number of carbonyl (C=O) groups is 2. The molecule has 0 bridgehead atoms. The Morgan fingerprint density at radius 2 is 1.88 bits per heavy atom. The van der Waals surface area contributed by atoms with E-state index >= 15 is 0 Å². The summed E-state index contributed by atoms with van der Waals surface area (Å²) in [5.41, 5.74) is 2.17. The third-order valence-corrected chi connectivity index (χ3v) is 5.11. The van der Waals surface area contributed by atoms with Crippen molar-refractivity contribution in [2.24, 2.45) is 0 Å². The van der Waals surface area contributed by atoms with Crippen molar-refractivity contribution in [3.8, 4) is 10.6 Å². The largest absolute Gasteiger partial charge is 0.481 e. The molecule has 0 aliphatic rings. The van der Waals surface area contributed by atoms with Crippen LogP contribution in [-0.4, -0.2) is 21.8 Å². The van der Waals surface area contributed by atoms with E-state index in [1.165, 1.54) is 11.3 Å². The number of carbonyl (C=O) groups excluding carboxylic acids is 1. The molecule has 132 valence electrons. The molecule has 2 aromatic carbocycles. The number of halogens is 1. The van der Waals surface area contributed by atoms with E-state index in [4.69, 9.17) is 11.6 Å². The summed E-state index contributed by atoms with van der Waals surface area (Å²) in [5.74, 6) is -1.98. The monoisotopic (exact) mass is 385 g/mol. The highest BCUT2D eigenvalue weighted by Gasteiger charge is 2.23. The van der Waals surface area contributed by atoms with Crippen LogP contribution in [0.15, 0.2) is 60.0 Å². The molecule has 1 N–H and O–H groups in total. The average Bonchev–Trinajstić information content (AvgIpc) is 3.08. The number of carboxylic acids is 1. The van der Waals surface area contributed by atoms with E-state index in [1.807, 2.05) is 29.6 Å². The second-order valence-electron chi connectivity index (χ2n) is 5.88. The number of aromatic nitrogens is 1. The van der Waals surface area contributed by atoms with Gasteiger partial charge in [0.2, 0.25) is 0 Å². The minimum atomic E-state index is -0.998. The molecular weight excluding hydrogens is 370 g/mol. The molecule has 0 radical (unpaired) electrons. The Balaban J connectivity index is 1.69. The van der Waals surface area contributed by atoms with E-state index in [9.17, 15) is 14.7 Å².